The molecule has 0 spiro atoms. The number of aromatic nitrogens is 2. The van der Waals surface area contributed by atoms with E-state index in [9.17, 15) is 13.6 Å². The minimum atomic E-state index is -0.995. The third-order valence-corrected chi connectivity index (χ3v) is 4.94. The number of aryl methyl sites for hydroxylation is 1. The van der Waals surface area contributed by atoms with Crippen molar-refractivity contribution < 1.29 is 13.6 Å². The molecule has 29 heavy (non-hydrogen) atoms. The first-order valence-corrected chi connectivity index (χ1v) is 9.62. The van der Waals surface area contributed by atoms with Crippen LogP contribution in [0.1, 0.15) is 31.2 Å². The van der Waals surface area contributed by atoms with E-state index >= 15 is 0 Å². The molecule has 1 fully saturated rings. The Hall–Kier alpha value is -2.97. The van der Waals surface area contributed by atoms with E-state index in [4.69, 9.17) is 0 Å². The molecule has 1 aliphatic carbocycles. The largest absolute Gasteiger partial charge is 0.362 e. The number of nitrogens with zero attached hydrogens (tertiary/aromatic N) is 3. The van der Waals surface area contributed by atoms with E-state index in [1.807, 2.05) is 25.9 Å². The van der Waals surface area contributed by atoms with Crippen molar-refractivity contribution in [3.05, 3.63) is 41.6 Å². The summed E-state index contributed by atoms with van der Waals surface area (Å²) in [5.41, 5.74) is 1.23. The molecule has 1 aromatic heterocycles. The van der Waals surface area contributed by atoms with Crippen molar-refractivity contribution in [2.24, 2.45) is 0 Å². The van der Waals surface area contributed by atoms with Crippen LogP contribution in [-0.2, 0) is 0 Å². The van der Waals surface area contributed by atoms with Crippen molar-refractivity contribution >= 4 is 23.5 Å². The van der Waals surface area contributed by atoms with Crippen molar-refractivity contribution in [1.82, 2.24) is 15.3 Å². The van der Waals surface area contributed by atoms with Gasteiger partial charge in [-0.15, -0.1) is 0 Å². The standard InChI is InChI=1S/C20H26F2N6O/c1-12-11-23-19(27-18(12)28(2)3)24-13-4-6-14(7-5-13)25-20(29)26-15-8-9-16(21)17(22)10-15/h8-11,13-14H,4-7H2,1-3H3,(H,23,24,27)(H2,25,26,29)/t13-,14+. The number of hydrogen-bond acceptors (Lipinski definition) is 5. The Bertz CT molecular complexity index is 868. The van der Waals surface area contributed by atoms with Crippen LogP contribution in [0, 0.1) is 18.6 Å². The number of hydrogen-bond donors (Lipinski definition) is 3. The number of carbonyl (C=O) groups excluding carboxylic acids is 1. The fourth-order valence-corrected chi connectivity index (χ4v) is 3.45. The summed E-state index contributed by atoms with van der Waals surface area (Å²) in [6.07, 6.45) is 5.14. The monoisotopic (exact) mass is 404 g/mol. The van der Waals surface area contributed by atoms with Gasteiger partial charge >= 0.3 is 6.03 Å². The van der Waals surface area contributed by atoms with Crippen LogP contribution >= 0.6 is 0 Å². The second-order valence-corrected chi connectivity index (χ2v) is 7.51. The van der Waals surface area contributed by atoms with Gasteiger partial charge in [0.1, 0.15) is 5.82 Å². The molecule has 1 aromatic carbocycles. The second-order valence-electron chi connectivity index (χ2n) is 7.51. The molecule has 3 N–H and O–H groups in total. The topological polar surface area (TPSA) is 82.2 Å². The normalized spacial score (nSPS) is 18.8. The molecule has 2 aromatic rings. The Morgan fingerprint density at radius 3 is 2.45 bits per heavy atom. The van der Waals surface area contributed by atoms with Gasteiger partial charge in [-0.1, -0.05) is 0 Å². The van der Waals surface area contributed by atoms with Crippen LogP contribution in [0.5, 0.6) is 0 Å². The van der Waals surface area contributed by atoms with Gasteiger partial charge in [-0.3, -0.25) is 0 Å². The van der Waals surface area contributed by atoms with Gasteiger partial charge in [0, 0.05) is 49.7 Å². The number of rotatable bonds is 5. The third kappa shape index (κ3) is 5.52. The van der Waals surface area contributed by atoms with E-state index in [-0.39, 0.29) is 17.8 Å². The summed E-state index contributed by atoms with van der Waals surface area (Å²) >= 11 is 0. The molecule has 0 bridgehead atoms. The van der Waals surface area contributed by atoms with E-state index in [1.165, 1.54) is 6.07 Å². The molecule has 2 amide bonds. The predicted molar refractivity (Wildman–Crippen MR) is 109 cm³/mol. The number of nitrogens with one attached hydrogen (secondary N) is 3. The van der Waals surface area contributed by atoms with E-state index in [2.05, 4.69) is 25.9 Å². The highest BCUT2D eigenvalue weighted by Crippen LogP contribution is 2.23. The van der Waals surface area contributed by atoms with Crippen molar-refractivity contribution in [3.8, 4) is 0 Å². The number of urea groups is 1. The van der Waals surface area contributed by atoms with Crippen LogP contribution in [-0.4, -0.2) is 42.2 Å². The quantitative estimate of drug-likeness (QED) is 0.708. The Morgan fingerprint density at radius 2 is 1.79 bits per heavy atom. The molecule has 0 radical (unpaired) electrons. The smallest absolute Gasteiger partial charge is 0.319 e. The zero-order valence-corrected chi connectivity index (χ0v) is 16.8. The van der Waals surface area contributed by atoms with Crippen molar-refractivity contribution in [3.63, 3.8) is 0 Å². The van der Waals surface area contributed by atoms with Crippen LogP contribution in [0.4, 0.5) is 31.0 Å². The predicted octanol–water partition coefficient (Wildman–Crippen LogP) is 3.67. The molecule has 0 aliphatic heterocycles. The molecule has 1 saturated carbocycles. The summed E-state index contributed by atoms with van der Waals surface area (Å²) in [6, 6.07) is 3.10. The second kappa shape index (κ2) is 9.02. The summed E-state index contributed by atoms with van der Waals surface area (Å²) in [6.45, 7) is 1.97. The Morgan fingerprint density at radius 1 is 1.10 bits per heavy atom. The zero-order chi connectivity index (χ0) is 21.0. The molecule has 1 heterocycles. The number of anilines is 3. The highest BCUT2D eigenvalue weighted by molar-refractivity contribution is 5.89. The maximum atomic E-state index is 13.2. The summed E-state index contributed by atoms with van der Waals surface area (Å²) in [4.78, 5) is 23.0. The van der Waals surface area contributed by atoms with Gasteiger partial charge in [0.25, 0.3) is 0 Å². The van der Waals surface area contributed by atoms with Crippen LogP contribution in [0.2, 0.25) is 0 Å². The Kier molecular flexibility index (Phi) is 6.46. The molecule has 156 valence electrons. The van der Waals surface area contributed by atoms with Crippen LogP contribution in [0.25, 0.3) is 0 Å². The van der Waals surface area contributed by atoms with Crippen LogP contribution in [0.3, 0.4) is 0 Å². The molecule has 7 nitrogen and oxygen atoms in total. The number of carbonyl (C=O) groups is 1. The lowest BCUT2D eigenvalue weighted by molar-refractivity contribution is 0.243. The van der Waals surface area contributed by atoms with Gasteiger partial charge in [0.15, 0.2) is 11.6 Å². The lowest BCUT2D eigenvalue weighted by atomic mass is 9.91. The average molecular weight is 404 g/mol. The lowest BCUT2D eigenvalue weighted by Gasteiger charge is -2.30. The molecule has 9 heteroatoms. The van der Waals surface area contributed by atoms with E-state index in [0.29, 0.717) is 5.95 Å². The van der Waals surface area contributed by atoms with Crippen LogP contribution < -0.4 is 20.9 Å². The Balaban J connectivity index is 1.47. The van der Waals surface area contributed by atoms with E-state index < -0.39 is 17.7 Å². The first kappa shape index (κ1) is 20.8. The highest BCUT2D eigenvalue weighted by atomic mass is 19.2. The fourth-order valence-electron chi connectivity index (χ4n) is 3.45. The van der Waals surface area contributed by atoms with Gasteiger partial charge in [-0.2, -0.15) is 4.98 Å². The van der Waals surface area contributed by atoms with Crippen molar-refractivity contribution in [1.29, 1.82) is 0 Å². The Labute approximate surface area is 168 Å². The van der Waals surface area contributed by atoms with Gasteiger partial charge in [0.05, 0.1) is 0 Å². The first-order valence-electron chi connectivity index (χ1n) is 9.62. The van der Waals surface area contributed by atoms with E-state index in [1.54, 1.807) is 6.20 Å². The highest BCUT2D eigenvalue weighted by Gasteiger charge is 2.23. The maximum absolute atomic E-state index is 13.2. The average Bonchev–Trinajstić information content (AvgIpc) is 2.67. The van der Waals surface area contributed by atoms with Crippen LogP contribution in [0.15, 0.2) is 24.4 Å². The van der Waals surface area contributed by atoms with Gasteiger partial charge in [0.2, 0.25) is 5.95 Å². The summed E-state index contributed by atoms with van der Waals surface area (Å²) < 4.78 is 26.2. The SMILES string of the molecule is Cc1cnc(N[C@H]2CC[C@@H](NC(=O)Nc3ccc(F)c(F)c3)CC2)nc1N(C)C. The number of amides is 2. The molecular weight excluding hydrogens is 378 g/mol. The maximum Gasteiger partial charge on any atom is 0.319 e. The molecular formula is C20H26F2N6O. The first-order chi connectivity index (χ1) is 13.8. The van der Waals surface area contributed by atoms with Gasteiger partial charge in [-0.25, -0.2) is 18.6 Å². The number of benzene rings is 1. The molecule has 0 atom stereocenters. The summed E-state index contributed by atoms with van der Waals surface area (Å²) in [7, 11) is 3.89. The fraction of sp³-hybridized carbons (Fsp3) is 0.450. The number of halogens is 2. The summed E-state index contributed by atoms with van der Waals surface area (Å²) in [5, 5.41) is 8.79. The molecule has 0 saturated heterocycles. The van der Waals surface area contributed by atoms with Gasteiger partial charge < -0.3 is 20.9 Å². The lowest BCUT2D eigenvalue weighted by Crippen LogP contribution is -2.42. The minimum absolute atomic E-state index is 0.0228. The van der Waals surface area contributed by atoms with Crippen molar-refractivity contribution in [2.75, 3.05) is 29.6 Å². The molecule has 3 rings (SSSR count). The minimum Gasteiger partial charge on any atom is -0.362 e. The van der Waals surface area contributed by atoms with Gasteiger partial charge in [-0.05, 0) is 44.7 Å². The molecule has 1 aliphatic rings. The summed E-state index contributed by atoms with van der Waals surface area (Å²) in [5.74, 6) is -0.458. The van der Waals surface area contributed by atoms with E-state index in [0.717, 1.165) is 49.2 Å². The zero-order valence-electron chi connectivity index (χ0n) is 16.8. The third-order valence-electron chi connectivity index (χ3n) is 4.94. The molecule has 0 unspecified atom stereocenters. The van der Waals surface area contributed by atoms with Crippen molar-refractivity contribution in [2.45, 2.75) is 44.7 Å².